The van der Waals surface area contributed by atoms with Crippen molar-refractivity contribution >= 4 is 27.5 Å². The van der Waals surface area contributed by atoms with E-state index >= 15 is 0 Å². The van der Waals surface area contributed by atoms with E-state index in [1.807, 2.05) is 0 Å². The van der Waals surface area contributed by atoms with Crippen LogP contribution in [-0.2, 0) is 14.8 Å². The number of benzene rings is 1. The monoisotopic (exact) mass is 297 g/mol. The zero-order valence-corrected chi connectivity index (χ0v) is 11.7. The molecule has 8 heteroatoms. The summed E-state index contributed by atoms with van der Waals surface area (Å²) in [6.07, 6.45) is 1.05. The molecule has 0 saturated carbocycles. The molecule has 1 aliphatic rings. The summed E-state index contributed by atoms with van der Waals surface area (Å²) in [5.74, 6) is -0.425. The number of amides is 2. The molecule has 0 aromatic heterocycles. The summed E-state index contributed by atoms with van der Waals surface area (Å²) in [6, 6.07) is 6.08. The Bertz CT molecular complexity index is 625. The van der Waals surface area contributed by atoms with E-state index in [1.54, 1.807) is 0 Å². The van der Waals surface area contributed by atoms with Gasteiger partial charge in [0.1, 0.15) is 0 Å². The highest BCUT2D eigenvalue weighted by molar-refractivity contribution is 7.92. The maximum atomic E-state index is 12.1. The van der Waals surface area contributed by atoms with Crippen LogP contribution in [0.15, 0.2) is 24.3 Å². The highest BCUT2D eigenvalue weighted by Crippen LogP contribution is 2.13. The molecule has 1 heterocycles. The minimum atomic E-state index is -3.34. The Morgan fingerprint density at radius 1 is 1.30 bits per heavy atom. The molecule has 20 heavy (non-hydrogen) atoms. The van der Waals surface area contributed by atoms with Crippen LogP contribution in [-0.4, -0.2) is 51.0 Å². The number of hydrogen-bond donors (Lipinski definition) is 2. The van der Waals surface area contributed by atoms with Crippen molar-refractivity contribution in [3.63, 3.8) is 0 Å². The number of nitrogens with zero attached hydrogens (tertiary/aromatic N) is 1. The van der Waals surface area contributed by atoms with Crippen LogP contribution in [0.4, 0.5) is 5.69 Å². The fraction of sp³-hybridized carbons (Fsp3) is 0.333. The summed E-state index contributed by atoms with van der Waals surface area (Å²) < 4.78 is 24.5. The van der Waals surface area contributed by atoms with Crippen molar-refractivity contribution in [3.05, 3.63) is 29.8 Å². The Morgan fingerprint density at radius 3 is 2.50 bits per heavy atom. The molecule has 1 aromatic rings. The lowest BCUT2D eigenvalue weighted by Crippen LogP contribution is -2.49. The van der Waals surface area contributed by atoms with Gasteiger partial charge in [-0.2, -0.15) is 0 Å². The molecule has 1 aliphatic heterocycles. The quantitative estimate of drug-likeness (QED) is 0.795. The summed E-state index contributed by atoms with van der Waals surface area (Å²) in [5.41, 5.74) is 0.805. The number of sulfonamides is 1. The molecular formula is C12H15N3O4S. The Balaban J connectivity index is 2.09. The molecule has 7 nitrogen and oxygen atoms in total. The standard InChI is InChI=1S/C12H15N3O4S/c1-20(18,19)14-10-4-2-9(3-5-10)12(17)15-7-6-13-11(16)8-15/h2-5,14H,6-8H2,1H3,(H,13,16). The molecule has 1 aromatic carbocycles. The van der Waals surface area contributed by atoms with Gasteiger partial charge in [0, 0.05) is 24.3 Å². The van der Waals surface area contributed by atoms with E-state index in [0.717, 1.165) is 6.26 Å². The second-order valence-corrected chi connectivity index (χ2v) is 6.28. The third kappa shape index (κ3) is 3.70. The van der Waals surface area contributed by atoms with E-state index in [1.165, 1.54) is 29.2 Å². The Hall–Kier alpha value is -2.09. The molecule has 0 bridgehead atoms. The minimum Gasteiger partial charge on any atom is -0.353 e. The average Bonchev–Trinajstić information content (AvgIpc) is 2.37. The molecule has 1 fully saturated rings. The van der Waals surface area contributed by atoms with E-state index in [-0.39, 0.29) is 18.4 Å². The van der Waals surface area contributed by atoms with E-state index in [4.69, 9.17) is 0 Å². The molecule has 1 saturated heterocycles. The third-order valence-corrected chi connectivity index (χ3v) is 3.37. The lowest BCUT2D eigenvalue weighted by molar-refractivity contribution is -0.123. The number of carbonyl (C=O) groups excluding carboxylic acids is 2. The van der Waals surface area contributed by atoms with Gasteiger partial charge >= 0.3 is 0 Å². The molecule has 2 N–H and O–H groups in total. The first-order valence-electron chi connectivity index (χ1n) is 5.99. The largest absolute Gasteiger partial charge is 0.353 e. The molecule has 0 unspecified atom stereocenters. The summed E-state index contributed by atoms with van der Waals surface area (Å²) in [5, 5.41) is 2.64. The predicted molar refractivity (Wildman–Crippen MR) is 73.8 cm³/mol. The molecule has 0 spiro atoms. The summed E-state index contributed by atoms with van der Waals surface area (Å²) in [6.45, 7) is 0.953. The predicted octanol–water partition coefficient (Wildman–Crippen LogP) is -0.370. The van der Waals surface area contributed by atoms with Crippen LogP contribution in [0, 0.1) is 0 Å². The van der Waals surface area contributed by atoms with Crippen molar-refractivity contribution in [1.82, 2.24) is 10.2 Å². The highest BCUT2D eigenvalue weighted by Gasteiger charge is 2.22. The number of piperazine rings is 1. The van der Waals surface area contributed by atoms with Crippen molar-refractivity contribution < 1.29 is 18.0 Å². The maximum absolute atomic E-state index is 12.1. The first-order valence-corrected chi connectivity index (χ1v) is 7.88. The Labute approximate surface area is 117 Å². The van der Waals surface area contributed by atoms with Gasteiger partial charge in [-0.25, -0.2) is 8.42 Å². The van der Waals surface area contributed by atoms with Gasteiger partial charge in [0.05, 0.1) is 12.8 Å². The van der Waals surface area contributed by atoms with Crippen LogP contribution >= 0.6 is 0 Å². The number of anilines is 1. The fourth-order valence-electron chi connectivity index (χ4n) is 1.89. The summed E-state index contributed by atoms with van der Waals surface area (Å²) in [4.78, 5) is 24.8. The van der Waals surface area contributed by atoms with Gasteiger partial charge in [0.15, 0.2) is 0 Å². The number of nitrogens with one attached hydrogen (secondary N) is 2. The lowest BCUT2D eigenvalue weighted by atomic mass is 10.1. The SMILES string of the molecule is CS(=O)(=O)Nc1ccc(C(=O)N2CCNC(=O)C2)cc1. The molecule has 0 radical (unpaired) electrons. The summed E-state index contributed by atoms with van der Waals surface area (Å²) in [7, 11) is -3.34. The van der Waals surface area contributed by atoms with Gasteiger partial charge in [-0.05, 0) is 24.3 Å². The zero-order valence-electron chi connectivity index (χ0n) is 10.9. The Morgan fingerprint density at radius 2 is 1.95 bits per heavy atom. The Kier molecular flexibility index (Phi) is 3.93. The second kappa shape index (κ2) is 5.49. The average molecular weight is 297 g/mol. The maximum Gasteiger partial charge on any atom is 0.254 e. The van der Waals surface area contributed by atoms with Crippen molar-refractivity contribution in [2.24, 2.45) is 0 Å². The molecule has 2 amide bonds. The van der Waals surface area contributed by atoms with Crippen LogP contribution in [0.5, 0.6) is 0 Å². The summed E-state index contributed by atoms with van der Waals surface area (Å²) >= 11 is 0. The van der Waals surface area contributed by atoms with E-state index < -0.39 is 10.0 Å². The number of carbonyl (C=O) groups is 2. The second-order valence-electron chi connectivity index (χ2n) is 4.53. The first kappa shape index (κ1) is 14.3. The van der Waals surface area contributed by atoms with E-state index in [0.29, 0.717) is 24.3 Å². The molecule has 108 valence electrons. The topological polar surface area (TPSA) is 95.6 Å². The minimum absolute atomic E-state index is 0.0438. The van der Waals surface area contributed by atoms with Crippen LogP contribution in [0.1, 0.15) is 10.4 Å². The van der Waals surface area contributed by atoms with Gasteiger partial charge in [-0.3, -0.25) is 14.3 Å². The molecule has 2 rings (SSSR count). The van der Waals surface area contributed by atoms with Gasteiger partial charge in [-0.1, -0.05) is 0 Å². The van der Waals surface area contributed by atoms with E-state index in [2.05, 4.69) is 10.0 Å². The molecule has 0 atom stereocenters. The lowest BCUT2D eigenvalue weighted by Gasteiger charge is -2.26. The normalized spacial score (nSPS) is 15.7. The van der Waals surface area contributed by atoms with Crippen molar-refractivity contribution in [2.45, 2.75) is 0 Å². The number of rotatable bonds is 3. The molecule has 0 aliphatic carbocycles. The van der Waals surface area contributed by atoms with Crippen molar-refractivity contribution in [2.75, 3.05) is 30.6 Å². The van der Waals surface area contributed by atoms with Crippen LogP contribution in [0.25, 0.3) is 0 Å². The molecular weight excluding hydrogens is 282 g/mol. The fourth-order valence-corrected chi connectivity index (χ4v) is 2.45. The first-order chi connectivity index (χ1) is 9.35. The van der Waals surface area contributed by atoms with E-state index in [9.17, 15) is 18.0 Å². The van der Waals surface area contributed by atoms with Gasteiger partial charge in [0.25, 0.3) is 5.91 Å². The third-order valence-electron chi connectivity index (χ3n) is 2.76. The van der Waals surface area contributed by atoms with Crippen molar-refractivity contribution in [1.29, 1.82) is 0 Å². The highest BCUT2D eigenvalue weighted by atomic mass is 32.2. The van der Waals surface area contributed by atoms with Gasteiger partial charge < -0.3 is 10.2 Å². The van der Waals surface area contributed by atoms with Crippen LogP contribution in [0.3, 0.4) is 0 Å². The zero-order chi connectivity index (χ0) is 14.8. The smallest absolute Gasteiger partial charge is 0.254 e. The van der Waals surface area contributed by atoms with Gasteiger partial charge in [0.2, 0.25) is 15.9 Å². The number of hydrogen-bond acceptors (Lipinski definition) is 4. The van der Waals surface area contributed by atoms with Gasteiger partial charge in [-0.15, -0.1) is 0 Å². The van der Waals surface area contributed by atoms with Crippen molar-refractivity contribution in [3.8, 4) is 0 Å². The van der Waals surface area contributed by atoms with Crippen LogP contribution < -0.4 is 10.0 Å². The van der Waals surface area contributed by atoms with Crippen LogP contribution in [0.2, 0.25) is 0 Å².